The highest BCUT2D eigenvalue weighted by Gasteiger charge is 2.67. The fraction of sp³-hybridized carbons (Fsp3) is 0.929. The van der Waals surface area contributed by atoms with E-state index in [1.807, 2.05) is 0 Å². The van der Waals surface area contributed by atoms with Crippen molar-refractivity contribution in [1.29, 1.82) is 0 Å². The van der Waals surface area contributed by atoms with Crippen LogP contribution in [-0.2, 0) is 14.3 Å². The molecule has 9 atom stereocenters. The highest BCUT2D eigenvalue weighted by atomic mass is 16.5. The average Bonchev–Trinajstić information content (AvgIpc) is 3.15. The molecule has 2 unspecified atom stereocenters. The van der Waals surface area contributed by atoms with E-state index in [1.54, 1.807) is 6.92 Å². The Labute approximate surface area is 194 Å². The molecule has 0 bridgehead atoms. The van der Waals surface area contributed by atoms with Gasteiger partial charge in [0, 0.05) is 12.3 Å². The first-order chi connectivity index (χ1) is 15.0. The number of aliphatic carboxylic acids is 1. The second kappa shape index (κ2) is 7.22. The highest BCUT2D eigenvalue weighted by Crippen LogP contribution is 2.73. The second-order valence-corrected chi connectivity index (χ2v) is 13.5. The quantitative estimate of drug-likeness (QED) is 0.496. The van der Waals surface area contributed by atoms with Gasteiger partial charge in [-0.05, 0) is 105 Å². The van der Waals surface area contributed by atoms with Gasteiger partial charge in [0.1, 0.15) is 6.10 Å². The molecule has 0 aromatic rings. The predicted octanol–water partition coefficient (Wildman–Crippen LogP) is 6.47. The SMILES string of the molecule is CC(=O)O[C@H]1CC[C@@]2(C)C(CC[C@@]3(C)C4CC[C@@]5(C(=O)O)CCC[C@@H]5[C@H]4CC[C@@H]32)C1(C)C. The smallest absolute Gasteiger partial charge is 0.309 e. The molecular weight excluding hydrogens is 400 g/mol. The Bertz CT molecular complexity index is 803. The van der Waals surface area contributed by atoms with Crippen LogP contribution >= 0.6 is 0 Å². The fourth-order valence-electron chi connectivity index (χ4n) is 11.0. The van der Waals surface area contributed by atoms with E-state index in [1.165, 1.54) is 25.7 Å². The Morgan fingerprint density at radius 3 is 2.19 bits per heavy atom. The van der Waals surface area contributed by atoms with Gasteiger partial charge < -0.3 is 9.84 Å². The van der Waals surface area contributed by atoms with Gasteiger partial charge in [-0.2, -0.15) is 0 Å². The lowest BCUT2D eigenvalue weighted by Crippen LogP contribution is -2.63. The monoisotopic (exact) mass is 444 g/mol. The van der Waals surface area contributed by atoms with Gasteiger partial charge >= 0.3 is 11.9 Å². The summed E-state index contributed by atoms with van der Waals surface area (Å²) in [4.78, 5) is 24.2. The van der Waals surface area contributed by atoms with Crippen LogP contribution in [-0.4, -0.2) is 23.1 Å². The second-order valence-electron chi connectivity index (χ2n) is 13.5. The minimum Gasteiger partial charge on any atom is -0.481 e. The van der Waals surface area contributed by atoms with E-state index in [0.717, 1.165) is 44.9 Å². The zero-order valence-electron chi connectivity index (χ0n) is 20.9. The summed E-state index contributed by atoms with van der Waals surface area (Å²) >= 11 is 0. The Morgan fingerprint density at radius 1 is 0.781 bits per heavy atom. The van der Waals surface area contributed by atoms with E-state index >= 15 is 0 Å². The first-order valence-electron chi connectivity index (χ1n) is 13.4. The highest BCUT2D eigenvalue weighted by molar-refractivity contribution is 5.75. The zero-order chi connectivity index (χ0) is 23.1. The van der Waals surface area contributed by atoms with Crippen LogP contribution in [0.1, 0.15) is 105 Å². The third kappa shape index (κ3) is 2.86. The number of ether oxygens (including phenoxy) is 1. The van der Waals surface area contributed by atoms with Crippen molar-refractivity contribution in [3.05, 3.63) is 0 Å². The van der Waals surface area contributed by atoms with Crippen LogP contribution in [0.5, 0.6) is 0 Å². The average molecular weight is 445 g/mol. The molecule has 0 radical (unpaired) electrons. The summed E-state index contributed by atoms with van der Waals surface area (Å²) < 4.78 is 5.83. The molecular formula is C28H44O4. The van der Waals surface area contributed by atoms with Gasteiger partial charge in [-0.1, -0.05) is 34.1 Å². The molecule has 5 aliphatic rings. The summed E-state index contributed by atoms with van der Waals surface area (Å²) in [6.07, 6.45) is 12.3. The van der Waals surface area contributed by atoms with Crippen molar-refractivity contribution in [3.8, 4) is 0 Å². The molecule has 32 heavy (non-hydrogen) atoms. The first kappa shape index (κ1) is 22.7. The Balaban J connectivity index is 1.44. The molecule has 0 aromatic carbocycles. The van der Waals surface area contributed by atoms with Gasteiger partial charge in [-0.15, -0.1) is 0 Å². The number of fused-ring (bicyclic) bond motifs is 7. The lowest BCUT2D eigenvalue weighted by Gasteiger charge is -2.69. The van der Waals surface area contributed by atoms with Crippen molar-refractivity contribution >= 4 is 11.9 Å². The maximum atomic E-state index is 12.4. The van der Waals surface area contributed by atoms with Gasteiger partial charge in [0.05, 0.1) is 5.41 Å². The maximum absolute atomic E-state index is 12.4. The van der Waals surface area contributed by atoms with E-state index in [-0.39, 0.29) is 22.9 Å². The van der Waals surface area contributed by atoms with Crippen molar-refractivity contribution in [2.24, 2.45) is 51.2 Å². The number of carbonyl (C=O) groups is 2. The van der Waals surface area contributed by atoms with Crippen molar-refractivity contribution < 1.29 is 19.4 Å². The molecule has 5 saturated carbocycles. The van der Waals surface area contributed by atoms with Crippen LogP contribution in [0.4, 0.5) is 0 Å². The molecule has 0 amide bonds. The van der Waals surface area contributed by atoms with Crippen LogP contribution in [0.25, 0.3) is 0 Å². The molecule has 0 aliphatic heterocycles. The molecule has 4 nitrogen and oxygen atoms in total. The number of rotatable bonds is 2. The van der Waals surface area contributed by atoms with Crippen molar-refractivity contribution in [1.82, 2.24) is 0 Å². The summed E-state index contributed by atoms with van der Waals surface area (Å²) in [6.45, 7) is 11.4. The van der Waals surface area contributed by atoms with Crippen LogP contribution < -0.4 is 0 Å². The van der Waals surface area contributed by atoms with Gasteiger partial charge in [-0.25, -0.2) is 0 Å². The topological polar surface area (TPSA) is 63.6 Å². The Morgan fingerprint density at radius 2 is 1.50 bits per heavy atom. The molecule has 0 saturated heterocycles. The third-order valence-electron chi connectivity index (χ3n) is 12.2. The van der Waals surface area contributed by atoms with E-state index in [0.29, 0.717) is 35.0 Å². The molecule has 5 rings (SSSR count). The van der Waals surface area contributed by atoms with Gasteiger partial charge in [0.25, 0.3) is 0 Å². The molecule has 0 heterocycles. The minimum atomic E-state index is -0.507. The Hall–Kier alpha value is -1.06. The zero-order valence-corrected chi connectivity index (χ0v) is 20.9. The molecule has 0 aromatic heterocycles. The summed E-state index contributed by atoms with van der Waals surface area (Å²) in [6, 6.07) is 0. The predicted molar refractivity (Wildman–Crippen MR) is 124 cm³/mol. The lowest BCUT2D eigenvalue weighted by molar-refractivity contribution is -0.222. The number of carbonyl (C=O) groups excluding carboxylic acids is 1. The molecule has 0 spiro atoms. The number of hydrogen-bond acceptors (Lipinski definition) is 3. The number of esters is 1. The molecule has 5 aliphatic carbocycles. The third-order valence-corrected chi connectivity index (χ3v) is 12.2. The normalized spacial score (nSPS) is 51.5. The van der Waals surface area contributed by atoms with E-state index in [2.05, 4.69) is 27.7 Å². The molecule has 1 N–H and O–H groups in total. The molecule has 4 heteroatoms. The maximum Gasteiger partial charge on any atom is 0.309 e. The summed E-state index contributed by atoms with van der Waals surface area (Å²) in [7, 11) is 0. The van der Waals surface area contributed by atoms with E-state index in [9.17, 15) is 14.7 Å². The van der Waals surface area contributed by atoms with E-state index < -0.39 is 11.4 Å². The number of carboxylic acids is 1. The van der Waals surface area contributed by atoms with Crippen molar-refractivity contribution in [2.75, 3.05) is 0 Å². The largest absolute Gasteiger partial charge is 0.481 e. The summed E-state index contributed by atoms with van der Waals surface area (Å²) in [5.41, 5.74) is 0.198. The van der Waals surface area contributed by atoms with Crippen molar-refractivity contribution in [2.45, 2.75) is 111 Å². The van der Waals surface area contributed by atoms with Gasteiger partial charge in [-0.3, -0.25) is 9.59 Å². The molecule has 5 fully saturated rings. The van der Waals surface area contributed by atoms with Crippen LogP contribution in [0.2, 0.25) is 0 Å². The summed E-state index contributed by atoms with van der Waals surface area (Å²) in [5.74, 6) is 2.32. The first-order valence-corrected chi connectivity index (χ1v) is 13.4. The lowest BCUT2D eigenvalue weighted by atomic mass is 9.36. The van der Waals surface area contributed by atoms with Crippen molar-refractivity contribution in [3.63, 3.8) is 0 Å². The summed E-state index contributed by atoms with van der Waals surface area (Å²) in [5, 5.41) is 10.2. The standard InChI is InChI=1S/C28H44O4/c1-17(29)32-23-12-15-27(5)21(25(23,2)3)11-14-26(4)19-10-16-28(24(30)31)13-6-7-20(28)18(19)8-9-22(26)27/h18-23H,6-16H2,1-5H3,(H,30,31)/t18-,19?,20+,21?,22-,23-,26-,27-,28-/m0/s1. The minimum absolute atomic E-state index is 0.00727. The van der Waals surface area contributed by atoms with Gasteiger partial charge in [0.15, 0.2) is 0 Å². The van der Waals surface area contributed by atoms with Crippen LogP contribution in [0, 0.1) is 51.2 Å². The van der Waals surface area contributed by atoms with Crippen LogP contribution in [0.3, 0.4) is 0 Å². The van der Waals surface area contributed by atoms with Gasteiger partial charge in [0.2, 0.25) is 0 Å². The van der Waals surface area contributed by atoms with E-state index in [4.69, 9.17) is 4.74 Å². The Kier molecular flexibility index (Phi) is 5.12. The number of hydrogen-bond donors (Lipinski definition) is 1. The number of carboxylic acid groups (broad SMARTS) is 1. The molecule has 180 valence electrons. The van der Waals surface area contributed by atoms with Crippen LogP contribution in [0.15, 0.2) is 0 Å². The fourth-order valence-corrected chi connectivity index (χ4v) is 11.0.